The third-order valence-corrected chi connectivity index (χ3v) is 2.38. The van der Waals surface area contributed by atoms with Crippen LogP contribution in [0, 0.1) is 5.41 Å². The van der Waals surface area contributed by atoms with Gasteiger partial charge in [0.2, 0.25) is 0 Å². The molecule has 0 bridgehead atoms. The predicted octanol–water partition coefficient (Wildman–Crippen LogP) is 1.39. The van der Waals surface area contributed by atoms with Crippen LogP contribution in [-0.4, -0.2) is 11.5 Å². The second-order valence-corrected chi connectivity index (χ2v) is 4.32. The first-order valence-electron chi connectivity index (χ1n) is 4.63. The lowest BCUT2D eigenvalue weighted by molar-refractivity contribution is 0.317. The highest BCUT2D eigenvalue weighted by Gasteiger charge is 2.20. The van der Waals surface area contributed by atoms with Crippen molar-refractivity contribution in [3.05, 3.63) is 24.0 Å². The van der Waals surface area contributed by atoms with Crippen LogP contribution < -0.4 is 11.5 Å². The van der Waals surface area contributed by atoms with Crippen LogP contribution in [0.15, 0.2) is 18.5 Å². The van der Waals surface area contributed by atoms with Gasteiger partial charge in [-0.1, -0.05) is 13.8 Å². The maximum Gasteiger partial charge on any atom is 0.0315 e. The largest absolute Gasteiger partial charge is 0.367 e. The Hall–Kier alpha value is -0.800. The van der Waals surface area contributed by atoms with Gasteiger partial charge in [-0.25, -0.2) is 0 Å². The van der Waals surface area contributed by atoms with Gasteiger partial charge in [-0.3, -0.25) is 0 Å². The summed E-state index contributed by atoms with van der Waals surface area (Å²) in [5.41, 5.74) is 12.9. The summed E-state index contributed by atoms with van der Waals surface area (Å²) in [6.45, 7) is 4.95. The minimum absolute atomic E-state index is 0.0878. The fourth-order valence-corrected chi connectivity index (χ4v) is 1.36. The van der Waals surface area contributed by atoms with Crippen LogP contribution in [0.1, 0.15) is 31.9 Å². The average molecular weight is 181 g/mol. The molecule has 0 spiro atoms. The topological polar surface area (TPSA) is 67.8 Å². The van der Waals surface area contributed by atoms with Crippen molar-refractivity contribution >= 4 is 0 Å². The van der Waals surface area contributed by atoms with Crippen LogP contribution in [0.5, 0.6) is 0 Å². The first-order chi connectivity index (χ1) is 6.05. The average Bonchev–Trinajstić information content (AvgIpc) is 2.55. The quantitative estimate of drug-likeness (QED) is 0.657. The van der Waals surface area contributed by atoms with Crippen molar-refractivity contribution in [3.8, 4) is 0 Å². The molecule has 0 saturated heterocycles. The Bertz CT molecular complexity index is 239. The second-order valence-electron chi connectivity index (χ2n) is 4.32. The number of hydrogen-bond acceptors (Lipinski definition) is 2. The van der Waals surface area contributed by atoms with Crippen molar-refractivity contribution in [1.82, 2.24) is 4.98 Å². The molecule has 0 aliphatic rings. The molecule has 0 fully saturated rings. The van der Waals surface area contributed by atoms with E-state index in [1.54, 1.807) is 0 Å². The molecule has 13 heavy (non-hydrogen) atoms. The van der Waals surface area contributed by atoms with Crippen LogP contribution in [-0.2, 0) is 0 Å². The van der Waals surface area contributed by atoms with E-state index in [4.69, 9.17) is 11.5 Å². The molecule has 1 unspecified atom stereocenters. The van der Waals surface area contributed by atoms with Crippen molar-refractivity contribution in [1.29, 1.82) is 0 Å². The van der Waals surface area contributed by atoms with Gasteiger partial charge >= 0.3 is 0 Å². The molecule has 1 heterocycles. The summed E-state index contributed by atoms with van der Waals surface area (Å²) in [4.78, 5) is 3.00. The van der Waals surface area contributed by atoms with E-state index in [9.17, 15) is 0 Å². The molecule has 1 rings (SSSR count). The predicted molar refractivity (Wildman–Crippen MR) is 55.2 cm³/mol. The minimum Gasteiger partial charge on any atom is -0.367 e. The van der Waals surface area contributed by atoms with Crippen LogP contribution in [0.4, 0.5) is 0 Å². The summed E-state index contributed by atoms with van der Waals surface area (Å²) in [6.07, 6.45) is 4.75. The maximum atomic E-state index is 6.03. The van der Waals surface area contributed by atoms with Crippen molar-refractivity contribution < 1.29 is 0 Å². The molecular formula is C10H19N3. The number of H-pyrrole nitrogens is 1. The Balaban J connectivity index is 2.56. The van der Waals surface area contributed by atoms with Gasteiger partial charge in [0.15, 0.2) is 0 Å². The molecule has 0 aliphatic heterocycles. The number of aromatic amines is 1. The molecule has 0 aliphatic carbocycles. The summed E-state index contributed by atoms with van der Waals surface area (Å²) < 4.78 is 0. The molecule has 1 atom stereocenters. The molecule has 1 aromatic rings. The molecular weight excluding hydrogens is 162 g/mol. The molecule has 3 heteroatoms. The van der Waals surface area contributed by atoms with Gasteiger partial charge in [0.1, 0.15) is 0 Å². The van der Waals surface area contributed by atoms with Gasteiger partial charge in [0, 0.05) is 18.4 Å². The zero-order chi connectivity index (χ0) is 9.90. The van der Waals surface area contributed by atoms with Crippen molar-refractivity contribution in [2.75, 3.05) is 6.54 Å². The summed E-state index contributed by atoms with van der Waals surface area (Å²) in [5, 5.41) is 0. The van der Waals surface area contributed by atoms with E-state index in [1.807, 2.05) is 18.5 Å². The lowest BCUT2D eigenvalue weighted by Crippen LogP contribution is -2.28. The standard InChI is InChI=1S/C10H19N3/c1-10(2,7-11)5-9(12)8-3-4-13-6-8/h3-4,6,9,13H,5,7,11-12H2,1-2H3. The Labute approximate surface area is 79.5 Å². The molecule has 1 aromatic heterocycles. The first kappa shape index (κ1) is 10.3. The van der Waals surface area contributed by atoms with Gasteiger partial charge in [-0.2, -0.15) is 0 Å². The van der Waals surface area contributed by atoms with Gasteiger partial charge in [-0.05, 0) is 30.0 Å². The monoisotopic (exact) mass is 181 g/mol. The Kier molecular flexibility index (Phi) is 3.12. The molecule has 0 radical (unpaired) electrons. The first-order valence-corrected chi connectivity index (χ1v) is 4.63. The zero-order valence-corrected chi connectivity index (χ0v) is 8.38. The number of nitrogens with one attached hydrogen (secondary N) is 1. The van der Waals surface area contributed by atoms with E-state index in [2.05, 4.69) is 18.8 Å². The van der Waals surface area contributed by atoms with Gasteiger partial charge < -0.3 is 16.5 Å². The Morgan fingerprint density at radius 2 is 2.23 bits per heavy atom. The molecule has 3 nitrogen and oxygen atoms in total. The van der Waals surface area contributed by atoms with Gasteiger partial charge in [0.05, 0.1) is 0 Å². The SMILES string of the molecule is CC(C)(CN)CC(N)c1cc[nH]c1. The van der Waals surface area contributed by atoms with E-state index < -0.39 is 0 Å². The van der Waals surface area contributed by atoms with Crippen LogP contribution in [0.3, 0.4) is 0 Å². The summed E-state index contributed by atoms with van der Waals surface area (Å²) >= 11 is 0. The summed E-state index contributed by atoms with van der Waals surface area (Å²) in [7, 11) is 0. The highest BCUT2D eigenvalue weighted by Crippen LogP contribution is 2.26. The number of nitrogens with two attached hydrogens (primary N) is 2. The van der Waals surface area contributed by atoms with Gasteiger partial charge in [-0.15, -0.1) is 0 Å². The molecule has 0 amide bonds. The van der Waals surface area contributed by atoms with E-state index in [0.717, 1.165) is 12.0 Å². The fraction of sp³-hybridized carbons (Fsp3) is 0.600. The van der Waals surface area contributed by atoms with Crippen molar-refractivity contribution in [3.63, 3.8) is 0 Å². The summed E-state index contributed by atoms with van der Waals surface area (Å²) in [6, 6.07) is 2.10. The Morgan fingerprint density at radius 1 is 1.54 bits per heavy atom. The van der Waals surface area contributed by atoms with Crippen LogP contribution in [0.25, 0.3) is 0 Å². The van der Waals surface area contributed by atoms with Crippen molar-refractivity contribution in [2.45, 2.75) is 26.3 Å². The molecule has 5 N–H and O–H groups in total. The van der Waals surface area contributed by atoms with Gasteiger partial charge in [0.25, 0.3) is 0 Å². The molecule has 0 aromatic carbocycles. The van der Waals surface area contributed by atoms with Crippen LogP contribution >= 0.6 is 0 Å². The van der Waals surface area contributed by atoms with Crippen LogP contribution in [0.2, 0.25) is 0 Å². The van der Waals surface area contributed by atoms with E-state index in [1.165, 1.54) is 0 Å². The second kappa shape index (κ2) is 3.94. The van der Waals surface area contributed by atoms with E-state index in [0.29, 0.717) is 6.54 Å². The van der Waals surface area contributed by atoms with E-state index in [-0.39, 0.29) is 11.5 Å². The lowest BCUT2D eigenvalue weighted by Gasteiger charge is -2.25. The Morgan fingerprint density at radius 3 is 2.69 bits per heavy atom. The van der Waals surface area contributed by atoms with Crippen molar-refractivity contribution in [2.24, 2.45) is 16.9 Å². The summed E-state index contributed by atoms with van der Waals surface area (Å²) in [5.74, 6) is 0. The molecule has 0 saturated carbocycles. The fourth-order valence-electron chi connectivity index (χ4n) is 1.36. The number of hydrogen-bond donors (Lipinski definition) is 3. The number of rotatable bonds is 4. The highest BCUT2D eigenvalue weighted by molar-refractivity contribution is 5.13. The smallest absolute Gasteiger partial charge is 0.0315 e. The minimum atomic E-state index is 0.0878. The normalized spacial score (nSPS) is 14.5. The third-order valence-electron chi connectivity index (χ3n) is 2.38. The lowest BCUT2D eigenvalue weighted by atomic mass is 9.84. The third kappa shape index (κ3) is 2.86. The molecule has 74 valence electrons. The highest BCUT2D eigenvalue weighted by atomic mass is 14.7. The maximum absolute atomic E-state index is 6.03. The number of aromatic nitrogens is 1. The van der Waals surface area contributed by atoms with E-state index >= 15 is 0 Å². The zero-order valence-electron chi connectivity index (χ0n) is 8.38.